The quantitative estimate of drug-likeness (QED) is 0.618. The summed E-state index contributed by atoms with van der Waals surface area (Å²) in [4.78, 5) is 14.3. The highest BCUT2D eigenvalue weighted by molar-refractivity contribution is 7.89. The average Bonchev–Trinajstić information content (AvgIpc) is 3.46. The van der Waals surface area contributed by atoms with Crippen molar-refractivity contribution in [2.45, 2.75) is 25.3 Å². The molecule has 0 bridgehead atoms. The minimum Gasteiger partial charge on any atom is -0.493 e. The van der Waals surface area contributed by atoms with Crippen LogP contribution in [0.25, 0.3) is 0 Å². The van der Waals surface area contributed by atoms with E-state index in [0.29, 0.717) is 23.9 Å². The molecule has 1 heterocycles. The number of nitrogens with one attached hydrogen (secondary N) is 1. The van der Waals surface area contributed by atoms with Crippen molar-refractivity contribution in [1.82, 2.24) is 9.62 Å². The molecule has 6 nitrogen and oxygen atoms in total. The van der Waals surface area contributed by atoms with Crippen LogP contribution < -0.4 is 9.46 Å². The Labute approximate surface area is 190 Å². The van der Waals surface area contributed by atoms with Gasteiger partial charge in [0.2, 0.25) is 10.0 Å². The molecule has 172 valence electrons. The summed E-state index contributed by atoms with van der Waals surface area (Å²) in [5, 5.41) is 0.365. The smallest absolute Gasteiger partial charge is 0.267 e. The van der Waals surface area contributed by atoms with Crippen LogP contribution in [0.4, 0.5) is 8.78 Å². The number of hydrogen-bond acceptors (Lipinski definition) is 5. The summed E-state index contributed by atoms with van der Waals surface area (Å²) < 4.78 is 58.3. The third-order valence-electron chi connectivity index (χ3n) is 5.48. The molecular weight excluding hydrogens is 462 g/mol. The van der Waals surface area contributed by atoms with E-state index in [4.69, 9.17) is 16.3 Å². The highest BCUT2D eigenvalue weighted by atomic mass is 35.5. The number of nitrogens with zero attached hydrogens (tertiary/aromatic N) is 1. The SMILES string of the molecule is CS(=O)(=O)NC(=O)c1cc(C2CC2)c(OCC2CN(Cc3cc(F)cc(Cl)c3)C2)cc1F. The molecule has 0 radical (unpaired) electrons. The molecule has 1 N–H and O–H groups in total. The van der Waals surface area contributed by atoms with Gasteiger partial charge in [-0.25, -0.2) is 21.9 Å². The summed E-state index contributed by atoms with van der Waals surface area (Å²) in [7, 11) is -3.80. The van der Waals surface area contributed by atoms with Crippen LogP contribution in [0.15, 0.2) is 30.3 Å². The first-order valence-electron chi connectivity index (χ1n) is 10.2. The Bertz CT molecular complexity index is 1130. The van der Waals surface area contributed by atoms with Crippen LogP contribution in [-0.4, -0.2) is 45.2 Å². The largest absolute Gasteiger partial charge is 0.493 e. The van der Waals surface area contributed by atoms with E-state index in [1.165, 1.54) is 18.2 Å². The maximum atomic E-state index is 14.5. The van der Waals surface area contributed by atoms with Crippen LogP contribution in [-0.2, 0) is 16.6 Å². The molecule has 1 amide bonds. The topological polar surface area (TPSA) is 75.7 Å². The molecular formula is C22H23ClF2N2O4S. The molecule has 2 aromatic rings. The second kappa shape index (κ2) is 8.96. The summed E-state index contributed by atoms with van der Waals surface area (Å²) in [6.45, 7) is 2.48. The van der Waals surface area contributed by atoms with Gasteiger partial charge in [0.1, 0.15) is 17.4 Å². The molecule has 1 aliphatic carbocycles. The van der Waals surface area contributed by atoms with Gasteiger partial charge < -0.3 is 4.74 Å². The second-order valence-electron chi connectivity index (χ2n) is 8.50. The molecule has 32 heavy (non-hydrogen) atoms. The molecule has 0 spiro atoms. The monoisotopic (exact) mass is 484 g/mol. The number of sulfonamides is 1. The van der Waals surface area contributed by atoms with E-state index in [-0.39, 0.29) is 23.2 Å². The maximum absolute atomic E-state index is 14.5. The molecule has 1 aliphatic heterocycles. The molecule has 0 aromatic heterocycles. The van der Waals surface area contributed by atoms with Gasteiger partial charge in [0.05, 0.1) is 18.4 Å². The summed E-state index contributed by atoms with van der Waals surface area (Å²) in [5.41, 5.74) is 1.21. The van der Waals surface area contributed by atoms with Crippen molar-refractivity contribution < 1.29 is 26.7 Å². The summed E-state index contributed by atoms with van der Waals surface area (Å²) in [6.07, 6.45) is 2.65. The van der Waals surface area contributed by atoms with E-state index in [2.05, 4.69) is 4.90 Å². The van der Waals surface area contributed by atoms with Gasteiger partial charge in [-0.3, -0.25) is 9.69 Å². The first-order chi connectivity index (χ1) is 15.1. The molecule has 1 saturated carbocycles. The molecule has 2 fully saturated rings. The number of halogens is 3. The van der Waals surface area contributed by atoms with Gasteiger partial charge >= 0.3 is 0 Å². The lowest BCUT2D eigenvalue weighted by Crippen LogP contribution is -2.48. The maximum Gasteiger partial charge on any atom is 0.267 e. The highest BCUT2D eigenvalue weighted by Crippen LogP contribution is 2.45. The summed E-state index contributed by atoms with van der Waals surface area (Å²) in [5.74, 6) is -1.39. The first kappa shape index (κ1) is 22.9. The number of amides is 1. The van der Waals surface area contributed by atoms with Gasteiger partial charge in [-0.1, -0.05) is 11.6 Å². The zero-order valence-electron chi connectivity index (χ0n) is 17.4. The zero-order valence-corrected chi connectivity index (χ0v) is 19.0. The lowest BCUT2D eigenvalue weighted by atomic mass is 10.00. The third-order valence-corrected chi connectivity index (χ3v) is 6.25. The van der Waals surface area contributed by atoms with Crippen molar-refractivity contribution in [3.63, 3.8) is 0 Å². The van der Waals surface area contributed by atoms with Gasteiger partial charge in [-0.15, -0.1) is 0 Å². The number of hydrogen-bond donors (Lipinski definition) is 1. The fourth-order valence-corrected chi connectivity index (χ4v) is 4.58. The Kier molecular flexibility index (Phi) is 6.42. The number of rotatable bonds is 8. The van der Waals surface area contributed by atoms with Crippen LogP contribution >= 0.6 is 11.6 Å². The van der Waals surface area contributed by atoms with Gasteiger partial charge in [0.15, 0.2) is 0 Å². The molecule has 2 aromatic carbocycles. The molecule has 2 aliphatic rings. The normalized spacial score (nSPS) is 17.1. The van der Waals surface area contributed by atoms with E-state index in [1.807, 2.05) is 0 Å². The van der Waals surface area contributed by atoms with Gasteiger partial charge in [-0.05, 0) is 54.2 Å². The standard InChI is InChI=1S/C22H23ClF2N2O4S/c1-32(29,30)26-22(28)19-7-18(15-2-3-15)21(8-20(19)25)31-12-14-10-27(11-14)9-13-4-16(23)6-17(24)5-13/h4-8,14-15H,2-3,9-12H2,1H3,(H,26,28). The van der Waals surface area contributed by atoms with Gasteiger partial charge in [0, 0.05) is 36.6 Å². The van der Waals surface area contributed by atoms with Crippen LogP contribution in [0.3, 0.4) is 0 Å². The van der Waals surface area contributed by atoms with E-state index in [9.17, 15) is 22.0 Å². The highest BCUT2D eigenvalue weighted by Gasteiger charge is 2.32. The van der Waals surface area contributed by atoms with Crippen molar-refractivity contribution in [2.75, 3.05) is 26.0 Å². The number of ether oxygens (including phenoxy) is 1. The Morgan fingerprint density at radius 2 is 1.91 bits per heavy atom. The zero-order chi connectivity index (χ0) is 23.0. The van der Waals surface area contributed by atoms with Crippen molar-refractivity contribution in [3.05, 3.63) is 63.7 Å². The Morgan fingerprint density at radius 1 is 1.19 bits per heavy atom. The molecule has 0 unspecified atom stereocenters. The minimum absolute atomic E-state index is 0.172. The van der Waals surface area contributed by atoms with Crippen molar-refractivity contribution >= 4 is 27.5 Å². The Hall–Kier alpha value is -2.23. The van der Waals surface area contributed by atoms with E-state index in [0.717, 1.165) is 49.4 Å². The number of carbonyl (C=O) groups excluding carboxylic acids is 1. The average molecular weight is 485 g/mol. The number of benzene rings is 2. The van der Waals surface area contributed by atoms with E-state index >= 15 is 0 Å². The van der Waals surface area contributed by atoms with E-state index < -0.39 is 21.7 Å². The third kappa shape index (κ3) is 5.76. The Morgan fingerprint density at radius 3 is 2.53 bits per heavy atom. The van der Waals surface area contributed by atoms with Crippen LogP contribution in [0, 0.1) is 17.6 Å². The fraction of sp³-hybridized carbons (Fsp3) is 0.409. The molecule has 0 atom stereocenters. The van der Waals surface area contributed by atoms with Crippen molar-refractivity contribution in [2.24, 2.45) is 5.92 Å². The molecule has 1 saturated heterocycles. The van der Waals surface area contributed by atoms with Gasteiger partial charge in [0.25, 0.3) is 5.91 Å². The first-order valence-corrected chi connectivity index (χ1v) is 12.5. The van der Waals surface area contributed by atoms with Crippen molar-refractivity contribution in [3.8, 4) is 5.75 Å². The number of likely N-dealkylation sites (tertiary alicyclic amines) is 1. The summed E-state index contributed by atoms with van der Waals surface area (Å²) in [6, 6.07) is 7.02. The van der Waals surface area contributed by atoms with Crippen molar-refractivity contribution in [1.29, 1.82) is 0 Å². The number of carbonyl (C=O) groups is 1. The van der Waals surface area contributed by atoms with Crippen LogP contribution in [0.1, 0.15) is 40.2 Å². The van der Waals surface area contributed by atoms with Crippen LogP contribution in [0.2, 0.25) is 5.02 Å². The molecule has 4 rings (SSSR count). The second-order valence-corrected chi connectivity index (χ2v) is 10.7. The Balaban J connectivity index is 1.36. The van der Waals surface area contributed by atoms with Crippen LogP contribution in [0.5, 0.6) is 5.75 Å². The lowest BCUT2D eigenvalue weighted by molar-refractivity contribution is 0.0553. The predicted molar refractivity (Wildman–Crippen MR) is 116 cm³/mol. The summed E-state index contributed by atoms with van der Waals surface area (Å²) >= 11 is 5.90. The van der Waals surface area contributed by atoms with Gasteiger partial charge in [-0.2, -0.15) is 0 Å². The lowest BCUT2D eigenvalue weighted by Gasteiger charge is -2.39. The predicted octanol–water partition coefficient (Wildman–Crippen LogP) is 3.70. The fourth-order valence-electron chi connectivity index (χ4n) is 3.89. The van der Waals surface area contributed by atoms with E-state index in [1.54, 1.807) is 10.8 Å². The minimum atomic E-state index is -3.80. The molecule has 10 heteroatoms.